The molecule has 18 heavy (non-hydrogen) atoms. The van der Waals surface area contributed by atoms with Crippen molar-refractivity contribution in [1.29, 1.82) is 0 Å². The molecular formula is C17H29N. The van der Waals surface area contributed by atoms with Crippen molar-refractivity contribution in [3.05, 3.63) is 35.9 Å². The molecule has 102 valence electrons. The molecule has 0 saturated heterocycles. The van der Waals surface area contributed by atoms with E-state index in [-0.39, 0.29) is 0 Å². The fourth-order valence-corrected chi connectivity index (χ4v) is 2.63. The minimum Gasteiger partial charge on any atom is -0.310 e. The van der Waals surface area contributed by atoms with Crippen LogP contribution in [0.1, 0.15) is 64.5 Å². The molecule has 2 atom stereocenters. The molecule has 1 aromatic carbocycles. The predicted octanol–water partition coefficient (Wildman–Crippen LogP) is 4.94. The average molecular weight is 247 g/mol. The average Bonchev–Trinajstić information content (AvgIpc) is 2.39. The van der Waals surface area contributed by atoms with E-state index in [4.69, 9.17) is 0 Å². The molecule has 0 radical (unpaired) electrons. The van der Waals surface area contributed by atoms with Crippen LogP contribution in [0.25, 0.3) is 0 Å². The van der Waals surface area contributed by atoms with Gasteiger partial charge in [0.15, 0.2) is 0 Å². The third kappa shape index (κ3) is 5.68. The van der Waals surface area contributed by atoms with Crippen molar-refractivity contribution in [3.8, 4) is 0 Å². The molecule has 1 heteroatoms. The normalized spacial score (nSPS) is 14.4. The maximum atomic E-state index is 3.60. The summed E-state index contributed by atoms with van der Waals surface area (Å²) in [6, 6.07) is 11.4. The van der Waals surface area contributed by atoms with E-state index in [0.29, 0.717) is 6.04 Å². The van der Waals surface area contributed by atoms with Gasteiger partial charge in [-0.1, -0.05) is 76.8 Å². The molecule has 0 aromatic heterocycles. The lowest BCUT2D eigenvalue weighted by atomic mass is 9.95. The van der Waals surface area contributed by atoms with Crippen molar-refractivity contribution in [2.45, 2.75) is 58.9 Å². The van der Waals surface area contributed by atoms with Crippen LogP contribution < -0.4 is 5.32 Å². The van der Waals surface area contributed by atoms with Gasteiger partial charge in [0, 0.05) is 6.04 Å². The molecule has 0 saturated carbocycles. The van der Waals surface area contributed by atoms with Crippen molar-refractivity contribution in [2.24, 2.45) is 5.92 Å². The highest BCUT2D eigenvalue weighted by atomic mass is 14.9. The van der Waals surface area contributed by atoms with Gasteiger partial charge in [0.05, 0.1) is 0 Å². The molecule has 1 nitrogen and oxygen atoms in total. The maximum Gasteiger partial charge on any atom is 0.0320 e. The van der Waals surface area contributed by atoms with Crippen LogP contribution in [0.2, 0.25) is 0 Å². The van der Waals surface area contributed by atoms with Crippen LogP contribution in [-0.2, 0) is 0 Å². The summed E-state index contributed by atoms with van der Waals surface area (Å²) in [6.07, 6.45) is 6.63. The largest absolute Gasteiger partial charge is 0.310 e. The summed E-state index contributed by atoms with van der Waals surface area (Å²) in [6.45, 7) is 7.90. The minimum atomic E-state index is 0.532. The first-order valence-corrected chi connectivity index (χ1v) is 7.56. The van der Waals surface area contributed by atoms with Crippen LogP contribution in [0, 0.1) is 5.92 Å². The molecule has 1 rings (SSSR count). The number of benzene rings is 1. The highest BCUT2D eigenvalue weighted by Gasteiger charge is 2.10. The lowest BCUT2D eigenvalue weighted by Gasteiger charge is -2.19. The van der Waals surface area contributed by atoms with E-state index in [1.54, 1.807) is 0 Å². The van der Waals surface area contributed by atoms with Gasteiger partial charge >= 0.3 is 0 Å². The first-order valence-electron chi connectivity index (χ1n) is 7.56. The van der Waals surface area contributed by atoms with E-state index in [2.05, 4.69) is 56.4 Å². The van der Waals surface area contributed by atoms with Gasteiger partial charge in [-0.25, -0.2) is 0 Å². The first-order chi connectivity index (χ1) is 8.77. The standard InChI is InChI=1S/C17H29N/c1-4-10-15(3)11-9-14-17(18-5-2)16-12-7-6-8-13-16/h6-8,12-13,15,17-18H,4-5,9-11,14H2,1-3H3. The lowest BCUT2D eigenvalue weighted by molar-refractivity contribution is 0.422. The first kappa shape index (κ1) is 15.2. The molecule has 1 aromatic rings. The van der Waals surface area contributed by atoms with Crippen molar-refractivity contribution >= 4 is 0 Å². The molecule has 0 fully saturated rings. The number of rotatable bonds is 9. The molecule has 0 amide bonds. The Morgan fingerprint density at radius 1 is 1.00 bits per heavy atom. The van der Waals surface area contributed by atoms with Crippen LogP contribution in [0.3, 0.4) is 0 Å². The highest BCUT2D eigenvalue weighted by Crippen LogP contribution is 2.22. The summed E-state index contributed by atoms with van der Waals surface area (Å²) < 4.78 is 0. The highest BCUT2D eigenvalue weighted by molar-refractivity contribution is 5.18. The number of hydrogen-bond acceptors (Lipinski definition) is 1. The molecule has 0 aliphatic heterocycles. The van der Waals surface area contributed by atoms with E-state index in [9.17, 15) is 0 Å². The van der Waals surface area contributed by atoms with Gasteiger partial charge < -0.3 is 5.32 Å². The summed E-state index contributed by atoms with van der Waals surface area (Å²) >= 11 is 0. The maximum absolute atomic E-state index is 3.60. The van der Waals surface area contributed by atoms with Crippen molar-refractivity contribution < 1.29 is 0 Å². The SMILES string of the molecule is CCCC(C)CCCC(NCC)c1ccccc1. The lowest BCUT2D eigenvalue weighted by Crippen LogP contribution is -2.20. The van der Waals surface area contributed by atoms with Gasteiger partial charge in [0.2, 0.25) is 0 Å². The number of hydrogen-bond donors (Lipinski definition) is 1. The van der Waals surface area contributed by atoms with E-state index in [1.165, 1.54) is 37.7 Å². The van der Waals surface area contributed by atoms with Crippen LogP contribution in [0.5, 0.6) is 0 Å². The zero-order valence-electron chi connectivity index (χ0n) is 12.3. The Bertz CT molecular complexity index is 294. The van der Waals surface area contributed by atoms with Gasteiger partial charge in [-0.05, 0) is 24.4 Å². The summed E-state index contributed by atoms with van der Waals surface area (Å²) in [5.74, 6) is 0.882. The van der Waals surface area contributed by atoms with Crippen LogP contribution in [0.15, 0.2) is 30.3 Å². The number of nitrogens with one attached hydrogen (secondary N) is 1. The predicted molar refractivity (Wildman–Crippen MR) is 80.8 cm³/mol. The van der Waals surface area contributed by atoms with Gasteiger partial charge in [0.1, 0.15) is 0 Å². The molecule has 0 aliphatic rings. The Morgan fingerprint density at radius 2 is 1.72 bits per heavy atom. The minimum absolute atomic E-state index is 0.532. The van der Waals surface area contributed by atoms with E-state index in [0.717, 1.165) is 12.5 Å². The second kappa shape index (κ2) is 9.16. The van der Waals surface area contributed by atoms with Crippen molar-refractivity contribution in [1.82, 2.24) is 5.32 Å². The van der Waals surface area contributed by atoms with Crippen molar-refractivity contribution in [2.75, 3.05) is 6.54 Å². The third-order valence-electron chi connectivity index (χ3n) is 3.62. The Hall–Kier alpha value is -0.820. The second-order valence-corrected chi connectivity index (χ2v) is 5.35. The zero-order chi connectivity index (χ0) is 13.2. The molecule has 0 heterocycles. The van der Waals surface area contributed by atoms with Gasteiger partial charge in [-0.15, -0.1) is 0 Å². The van der Waals surface area contributed by atoms with Gasteiger partial charge in [-0.3, -0.25) is 0 Å². The topological polar surface area (TPSA) is 12.0 Å². The molecule has 1 N–H and O–H groups in total. The van der Waals surface area contributed by atoms with Crippen LogP contribution in [0.4, 0.5) is 0 Å². The Kier molecular flexibility index (Phi) is 7.75. The smallest absolute Gasteiger partial charge is 0.0320 e. The monoisotopic (exact) mass is 247 g/mol. The van der Waals surface area contributed by atoms with Crippen LogP contribution in [-0.4, -0.2) is 6.54 Å². The molecule has 0 aliphatic carbocycles. The molecule has 0 spiro atoms. The Morgan fingerprint density at radius 3 is 2.33 bits per heavy atom. The summed E-state index contributed by atoms with van der Waals surface area (Å²) in [5, 5.41) is 3.60. The summed E-state index contributed by atoms with van der Waals surface area (Å²) in [5.41, 5.74) is 1.43. The molecular weight excluding hydrogens is 218 g/mol. The summed E-state index contributed by atoms with van der Waals surface area (Å²) in [7, 11) is 0. The second-order valence-electron chi connectivity index (χ2n) is 5.35. The molecule has 0 bridgehead atoms. The molecule has 2 unspecified atom stereocenters. The Balaban J connectivity index is 2.39. The fraction of sp³-hybridized carbons (Fsp3) is 0.647. The van der Waals surface area contributed by atoms with Crippen molar-refractivity contribution in [3.63, 3.8) is 0 Å². The van der Waals surface area contributed by atoms with Crippen LogP contribution >= 0.6 is 0 Å². The zero-order valence-corrected chi connectivity index (χ0v) is 12.3. The third-order valence-corrected chi connectivity index (χ3v) is 3.62. The summed E-state index contributed by atoms with van der Waals surface area (Å²) in [4.78, 5) is 0. The van der Waals surface area contributed by atoms with E-state index < -0.39 is 0 Å². The Labute approximate surface area is 113 Å². The van der Waals surface area contributed by atoms with E-state index in [1.807, 2.05) is 0 Å². The quantitative estimate of drug-likeness (QED) is 0.651. The van der Waals surface area contributed by atoms with Gasteiger partial charge in [-0.2, -0.15) is 0 Å². The van der Waals surface area contributed by atoms with Gasteiger partial charge in [0.25, 0.3) is 0 Å². The van der Waals surface area contributed by atoms with E-state index >= 15 is 0 Å². The fourth-order valence-electron chi connectivity index (χ4n) is 2.63.